The molecule has 0 radical (unpaired) electrons. The van der Waals surface area contributed by atoms with Gasteiger partial charge in [0.1, 0.15) is 0 Å². The second-order valence-electron chi connectivity index (χ2n) is 6.15. The minimum absolute atomic E-state index is 0.160. The number of Topliss-reactive ketones (excluding diaryl/α,β-unsaturated/α-hetero) is 1. The summed E-state index contributed by atoms with van der Waals surface area (Å²) in [5.41, 5.74) is 7.35. The second-order valence-corrected chi connectivity index (χ2v) is 6.15. The normalized spacial score (nSPS) is 15.8. The molecule has 0 heterocycles. The lowest BCUT2D eigenvalue weighted by molar-refractivity contribution is -0.110. The molecule has 0 saturated carbocycles. The van der Waals surface area contributed by atoms with Crippen LogP contribution in [0.25, 0.3) is 27.5 Å². The van der Waals surface area contributed by atoms with Gasteiger partial charge in [0.2, 0.25) is 0 Å². The molecular weight excluding hydrogens is 280 g/mol. The Morgan fingerprint density at radius 3 is 2.00 bits per heavy atom. The maximum absolute atomic E-state index is 12.9. The third kappa shape index (κ3) is 1.49. The van der Waals surface area contributed by atoms with Crippen LogP contribution in [0.4, 0.5) is 0 Å². The first-order chi connectivity index (χ1) is 11.3. The highest BCUT2D eigenvalue weighted by Crippen LogP contribution is 2.54. The summed E-state index contributed by atoms with van der Waals surface area (Å²) in [5, 5.41) is 2.52. The highest BCUT2D eigenvalue weighted by atomic mass is 16.1. The molecule has 0 N–H and O–H groups in total. The van der Waals surface area contributed by atoms with Gasteiger partial charge >= 0.3 is 0 Å². The minimum Gasteiger partial charge on any atom is -0.289 e. The van der Waals surface area contributed by atoms with E-state index in [0.29, 0.717) is 0 Å². The van der Waals surface area contributed by atoms with E-state index in [2.05, 4.69) is 36.4 Å². The van der Waals surface area contributed by atoms with Gasteiger partial charge in [-0.15, -0.1) is 0 Å². The number of benzene rings is 3. The quantitative estimate of drug-likeness (QED) is 0.608. The second kappa shape index (κ2) is 4.30. The summed E-state index contributed by atoms with van der Waals surface area (Å²) >= 11 is 0. The number of fused-ring (bicyclic) bond motifs is 3. The number of ketones is 1. The molecular formula is C22H14O. The number of rotatable bonds is 1. The van der Waals surface area contributed by atoms with Crippen LogP contribution in [-0.4, -0.2) is 5.78 Å². The van der Waals surface area contributed by atoms with Gasteiger partial charge in [0, 0.05) is 16.7 Å². The van der Waals surface area contributed by atoms with Gasteiger partial charge in [0.25, 0.3) is 0 Å². The molecule has 2 aliphatic carbocycles. The molecule has 0 atom stereocenters. The van der Waals surface area contributed by atoms with Crippen molar-refractivity contribution in [2.45, 2.75) is 6.92 Å². The van der Waals surface area contributed by atoms with E-state index >= 15 is 0 Å². The molecule has 3 aromatic carbocycles. The van der Waals surface area contributed by atoms with E-state index in [1.807, 2.05) is 37.3 Å². The molecule has 108 valence electrons. The summed E-state index contributed by atoms with van der Waals surface area (Å²) in [5.74, 6) is 0.160. The van der Waals surface area contributed by atoms with E-state index in [9.17, 15) is 4.79 Å². The van der Waals surface area contributed by atoms with Crippen molar-refractivity contribution >= 4 is 33.3 Å². The number of allylic oxidation sites excluding steroid dienone is 4. The topological polar surface area (TPSA) is 17.1 Å². The summed E-state index contributed by atoms with van der Waals surface area (Å²) in [6.45, 7) is 1.96. The van der Waals surface area contributed by atoms with Crippen LogP contribution in [0.5, 0.6) is 0 Å². The maximum Gasteiger partial charge on any atom is 0.190 e. The lowest BCUT2D eigenvalue weighted by Gasteiger charge is -2.07. The Bertz CT molecular complexity index is 1060. The van der Waals surface area contributed by atoms with Gasteiger partial charge in [0.05, 0.1) is 0 Å². The zero-order valence-electron chi connectivity index (χ0n) is 12.8. The van der Waals surface area contributed by atoms with Gasteiger partial charge in [-0.2, -0.15) is 0 Å². The fourth-order valence-electron chi connectivity index (χ4n) is 3.97. The first-order valence-electron chi connectivity index (χ1n) is 7.85. The molecule has 1 heteroatoms. The molecule has 0 fully saturated rings. The van der Waals surface area contributed by atoms with Crippen LogP contribution < -0.4 is 0 Å². The summed E-state index contributed by atoms with van der Waals surface area (Å²) < 4.78 is 0. The first kappa shape index (κ1) is 12.6. The predicted octanol–water partition coefficient (Wildman–Crippen LogP) is 5.12. The maximum atomic E-state index is 12.9. The molecule has 0 spiro atoms. The summed E-state index contributed by atoms with van der Waals surface area (Å²) in [6, 6.07) is 22.8. The van der Waals surface area contributed by atoms with Gasteiger partial charge in [-0.25, -0.2) is 0 Å². The molecule has 23 heavy (non-hydrogen) atoms. The Balaban J connectivity index is 1.95. The third-order valence-electron chi connectivity index (χ3n) is 4.95. The van der Waals surface area contributed by atoms with Gasteiger partial charge < -0.3 is 0 Å². The Morgan fingerprint density at radius 2 is 1.30 bits per heavy atom. The average Bonchev–Trinajstić information content (AvgIpc) is 3.05. The van der Waals surface area contributed by atoms with E-state index in [-0.39, 0.29) is 5.78 Å². The van der Waals surface area contributed by atoms with Crippen molar-refractivity contribution in [1.82, 2.24) is 0 Å². The van der Waals surface area contributed by atoms with Crippen molar-refractivity contribution in [1.29, 1.82) is 0 Å². The predicted molar refractivity (Wildman–Crippen MR) is 94.8 cm³/mol. The number of hydrogen-bond acceptors (Lipinski definition) is 1. The van der Waals surface area contributed by atoms with E-state index in [1.54, 1.807) is 0 Å². The van der Waals surface area contributed by atoms with Crippen molar-refractivity contribution in [3.05, 3.63) is 89.0 Å². The first-order valence-corrected chi connectivity index (χ1v) is 7.85. The molecule has 0 unspecified atom stereocenters. The minimum atomic E-state index is 0.160. The SMILES string of the molecule is CC1=C2C(=C(c3ccccc3)C1=O)c1cccc3cccc2c13. The number of hydrogen-bond donors (Lipinski definition) is 0. The molecule has 1 nitrogen and oxygen atoms in total. The summed E-state index contributed by atoms with van der Waals surface area (Å²) in [6.07, 6.45) is 0. The number of carbonyl (C=O) groups excluding carboxylic acids is 1. The van der Waals surface area contributed by atoms with Crippen molar-refractivity contribution in [3.63, 3.8) is 0 Å². The Labute approximate surface area is 134 Å². The van der Waals surface area contributed by atoms with E-state index in [4.69, 9.17) is 0 Å². The standard InChI is InChI=1S/C22H14O/c1-13-18-16-11-5-9-14-10-6-12-17(19(14)16)21(18)20(22(13)23)15-7-3-2-4-8-15/h2-12H,1H3. The molecule has 0 aromatic heterocycles. The highest BCUT2D eigenvalue weighted by molar-refractivity contribution is 6.50. The van der Waals surface area contributed by atoms with Crippen molar-refractivity contribution in [2.75, 3.05) is 0 Å². The van der Waals surface area contributed by atoms with Gasteiger partial charge in [0.15, 0.2) is 5.78 Å². The molecule has 5 rings (SSSR count). The van der Waals surface area contributed by atoms with Crippen molar-refractivity contribution < 1.29 is 4.79 Å². The van der Waals surface area contributed by atoms with Gasteiger partial charge in [-0.3, -0.25) is 4.79 Å². The zero-order chi connectivity index (χ0) is 15.6. The molecule has 0 aliphatic heterocycles. The van der Waals surface area contributed by atoms with Crippen LogP contribution in [0.2, 0.25) is 0 Å². The van der Waals surface area contributed by atoms with E-state index < -0.39 is 0 Å². The fourth-order valence-corrected chi connectivity index (χ4v) is 3.97. The van der Waals surface area contributed by atoms with Gasteiger partial charge in [-0.05, 0) is 40.0 Å². The van der Waals surface area contributed by atoms with Crippen LogP contribution in [0.1, 0.15) is 23.6 Å². The zero-order valence-corrected chi connectivity index (χ0v) is 12.8. The smallest absolute Gasteiger partial charge is 0.190 e. The number of carbonyl (C=O) groups is 1. The Kier molecular flexibility index (Phi) is 2.35. The van der Waals surface area contributed by atoms with Crippen LogP contribution in [0, 0.1) is 0 Å². The van der Waals surface area contributed by atoms with Crippen LogP contribution in [-0.2, 0) is 4.79 Å². The lowest BCUT2D eigenvalue weighted by Crippen LogP contribution is -2.00. The molecule has 0 saturated heterocycles. The van der Waals surface area contributed by atoms with E-state index in [0.717, 1.165) is 27.9 Å². The third-order valence-corrected chi connectivity index (χ3v) is 4.95. The molecule has 3 aromatic rings. The Hall–Kier alpha value is -2.93. The van der Waals surface area contributed by atoms with Crippen molar-refractivity contribution in [2.24, 2.45) is 0 Å². The van der Waals surface area contributed by atoms with Crippen LogP contribution >= 0.6 is 0 Å². The van der Waals surface area contributed by atoms with Gasteiger partial charge in [-0.1, -0.05) is 66.7 Å². The molecule has 2 aliphatic rings. The fraction of sp³-hybridized carbons (Fsp3) is 0.0455. The van der Waals surface area contributed by atoms with Crippen LogP contribution in [0.3, 0.4) is 0 Å². The van der Waals surface area contributed by atoms with E-state index in [1.165, 1.54) is 21.9 Å². The molecule has 0 amide bonds. The summed E-state index contributed by atoms with van der Waals surface area (Å²) in [7, 11) is 0. The monoisotopic (exact) mass is 294 g/mol. The van der Waals surface area contributed by atoms with Crippen molar-refractivity contribution in [3.8, 4) is 0 Å². The summed E-state index contributed by atoms with van der Waals surface area (Å²) in [4.78, 5) is 12.9. The highest BCUT2D eigenvalue weighted by Gasteiger charge is 2.37. The lowest BCUT2D eigenvalue weighted by atomic mass is 9.95. The largest absolute Gasteiger partial charge is 0.289 e. The molecule has 0 bridgehead atoms. The average molecular weight is 294 g/mol. The van der Waals surface area contributed by atoms with Crippen LogP contribution in [0.15, 0.2) is 72.3 Å². The Morgan fingerprint density at radius 1 is 0.652 bits per heavy atom.